The van der Waals surface area contributed by atoms with Crippen molar-refractivity contribution in [1.29, 1.82) is 0 Å². The molecule has 7 heteroatoms. The maximum atomic E-state index is 12.2. The zero-order valence-electron chi connectivity index (χ0n) is 11.0. The first kappa shape index (κ1) is 12.8. The highest BCUT2D eigenvalue weighted by Gasteiger charge is 2.35. The van der Waals surface area contributed by atoms with E-state index in [4.69, 9.17) is 4.74 Å². The SMILES string of the molecule is O=C1CC[C@@H](C(=O)N2CC[C@H](Oc3cnccn3)C2)N1. The Morgan fingerprint density at radius 2 is 2.30 bits per heavy atom. The summed E-state index contributed by atoms with van der Waals surface area (Å²) in [6.45, 7) is 1.18. The van der Waals surface area contributed by atoms with E-state index < -0.39 is 0 Å². The van der Waals surface area contributed by atoms with Crippen LogP contribution in [0.4, 0.5) is 0 Å². The van der Waals surface area contributed by atoms with Gasteiger partial charge in [0.2, 0.25) is 17.7 Å². The fourth-order valence-corrected chi connectivity index (χ4v) is 2.56. The van der Waals surface area contributed by atoms with Gasteiger partial charge in [0, 0.05) is 31.8 Å². The Bertz CT molecular complexity index is 508. The second-order valence-electron chi connectivity index (χ2n) is 5.02. The average Bonchev–Trinajstić information content (AvgIpc) is 3.08. The molecule has 1 aromatic heterocycles. The topological polar surface area (TPSA) is 84.4 Å². The molecule has 2 amide bonds. The van der Waals surface area contributed by atoms with Crippen molar-refractivity contribution in [2.75, 3.05) is 13.1 Å². The molecule has 2 atom stereocenters. The first-order valence-corrected chi connectivity index (χ1v) is 6.73. The van der Waals surface area contributed by atoms with Crippen molar-refractivity contribution < 1.29 is 14.3 Å². The van der Waals surface area contributed by atoms with Gasteiger partial charge in [0.05, 0.1) is 12.7 Å². The number of likely N-dealkylation sites (tertiary alicyclic amines) is 1. The summed E-state index contributed by atoms with van der Waals surface area (Å²) in [5.74, 6) is 0.414. The van der Waals surface area contributed by atoms with Gasteiger partial charge < -0.3 is 15.0 Å². The second kappa shape index (κ2) is 5.44. The molecular weight excluding hydrogens is 260 g/mol. The van der Waals surface area contributed by atoms with Crippen molar-refractivity contribution in [3.8, 4) is 5.88 Å². The molecule has 1 aromatic rings. The molecule has 0 bridgehead atoms. The number of aromatic nitrogens is 2. The molecule has 0 unspecified atom stereocenters. The molecule has 0 spiro atoms. The van der Waals surface area contributed by atoms with Crippen LogP contribution in [0.25, 0.3) is 0 Å². The number of carbonyl (C=O) groups is 2. The molecule has 7 nitrogen and oxygen atoms in total. The van der Waals surface area contributed by atoms with Crippen LogP contribution in [0.3, 0.4) is 0 Å². The summed E-state index contributed by atoms with van der Waals surface area (Å²) in [6.07, 6.45) is 6.44. The molecular formula is C13H16N4O3. The predicted molar refractivity (Wildman–Crippen MR) is 68.8 cm³/mol. The fourth-order valence-electron chi connectivity index (χ4n) is 2.56. The molecule has 0 aliphatic carbocycles. The van der Waals surface area contributed by atoms with E-state index in [1.54, 1.807) is 23.5 Å². The Kier molecular flexibility index (Phi) is 3.49. The van der Waals surface area contributed by atoms with E-state index in [1.165, 1.54) is 0 Å². The minimum Gasteiger partial charge on any atom is -0.471 e. The van der Waals surface area contributed by atoms with Gasteiger partial charge in [0.15, 0.2) is 0 Å². The summed E-state index contributed by atoms with van der Waals surface area (Å²) < 4.78 is 5.68. The number of hydrogen-bond donors (Lipinski definition) is 1. The Morgan fingerprint density at radius 1 is 1.40 bits per heavy atom. The van der Waals surface area contributed by atoms with Gasteiger partial charge in [-0.25, -0.2) is 4.98 Å². The Hall–Kier alpha value is -2.18. The molecule has 0 aromatic carbocycles. The van der Waals surface area contributed by atoms with Crippen molar-refractivity contribution in [3.63, 3.8) is 0 Å². The smallest absolute Gasteiger partial charge is 0.245 e. The summed E-state index contributed by atoms with van der Waals surface area (Å²) in [7, 11) is 0. The molecule has 2 saturated heterocycles. The zero-order valence-corrected chi connectivity index (χ0v) is 11.0. The van der Waals surface area contributed by atoms with Crippen LogP contribution >= 0.6 is 0 Å². The molecule has 106 valence electrons. The molecule has 2 fully saturated rings. The van der Waals surface area contributed by atoms with Crippen molar-refractivity contribution in [3.05, 3.63) is 18.6 Å². The van der Waals surface area contributed by atoms with E-state index in [0.29, 0.717) is 31.8 Å². The summed E-state index contributed by atoms with van der Waals surface area (Å²) in [5.41, 5.74) is 0. The standard InChI is InChI=1S/C13H16N4O3/c18-11-2-1-10(16-11)13(19)17-6-3-9(8-17)20-12-7-14-4-5-15-12/h4-5,7,9-10H,1-3,6,8H2,(H,16,18)/t9-,10-/m0/s1. The van der Waals surface area contributed by atoms with Crippen LogP contribution in [-0.2, 0) is 9.59 Å². The van der Waals surface area contributed by atoms with Gasteiger partial charge in [-0.3, -0.25) is 14.6 Å². The monoisotopic (exact) mass is 276 g/mol. The number of nitrogens with zero attached hydrogens (tertiary/aromatic N) is 3. The summed E-state index contributed by atoms with van der Waals surface area (Å²) in [6, 6.07) is -0.363. The van der Waals surface area contributed by atoms with E-state index in [9.17, 15) is 9.59 Å². The van der Waals surface area contributed by atoms with E-state index in [-0.39, 0.29) is 24.0 Å². The minimum absolute atomic E-state index is 0.0129. The molecule has 3 rings (SSSR count). The zero-order chi connectivity index (χ0) is 13.9. The number of carbonyl (C=O) groups excluding carboxylic acids is 2. The highest BCUT2D eigenvalue weighted by molar-refractivity contribution is 5.90. The third-order valence-corrected chi connectivity index (χ3v) is 3.58. The van der Waals surface area contributed by atoms with E-state index in [2.05, 4.69) is 15.3 Å². The van der Waals surface area contributed by atoms with Crippen LogP contribution < -0.4 is 10.1 Å². The Labute approximate surface area is 116 Å². The fraction of sp³-hybridized carbons (Fsp3) is 0.538. The lowest BCUT2D eigenvalue weighted by Crippen LogP contribution is -2.44. The number of amides is 2. The van der Waals surface area contributed by atoms with E-state index in [1.807, 2.05) is 0 Å². The van der Waals surface area contributed by atoms with Gasteiger partial charge in [-0.15, -0.1) is 0 Å². The first-order valence-electron chi connectivity index (χ1n) is 6.73. The van der Waals surface area contributed by atoms with Crippen LogP contribution in [0.15, 0.2) is 18.6 Å². The number of nitrogens with one attached hydrogen (secondary N) is 1. The maximum absolute atomic E-state index is 12.2. The minimum atomic E-state index is -0.363. The Balaban J connectivity index is 1.54. The summed E-state index contributed by atoms with van der Waals surface area (Å²) in [4.78, 5) is 33.1. The van der Waals surface area contributed by atoms with Crippen LogP contribution in [0, 0.1) is 0 Å². The van der Waals surface area contributed by atoms with Gasteiger partial charge in [0.25, 0.3) is 0 Å². The number of hydrogen-bond acceptors (Lipinski definition) is 5. The summed E-state index contributed by atoms with van der Waals surface area (Å²) >= 11 is 0. The lowest BCUT2D eigenvalue weighted by molar-refractivity contribution is -0.133. The molecule has 0 saturated carbocycles. The van der Waals surface area contributed by atoms with Crippen LogP contribution in [0.2, 0.25) is 0 Å². The molecule has 2 aliphatic rings. The molecule has 0 radical (unpaired) electrons. The van der Waals surface area contributed by atoms with Crippen molar-refractivity contribution >= 4 is 11.8 Å². The lowest BCUT2D eigenvalue weighted by atomic mass is 10.2. The first-order chi connectivity index (χ1) is 9.72. The predicted octanol–water partition coefficient (Wildman–Crippen LogP) is -0.265. The van der Waals surface area contributed by atoms with Crippen LogP contribution in [0.5, 0.6) is 5.88 Å². The maximum Gasteiger partial charge on any atom is 0.245 e. The molecule has 2 aliphatic heterocycles. The normalized spacial score (nSPS) is 25.6. The highest BCUT2D eigenvalue weighted by atomic mass is 16.5. The van der Waals surface area contributed by atoms with E-state index in [0.717, 1.165) is 6.42 Å². The number of ether oxygens (including phenoxy) is 1. The number of rotatable bonds is 3. The van der Waals surface area contributed by atoms with E-state index >= 15 is 0 Å². The van der Waals surface area contributed by atoms with Crippen molar-refractivity contribution in [1.82, 2.24) is 20.2 Å². The van der Waals surface area contributed by atoms with Gasteiger partial charge in [-0.2, -0.15) is 0 Å². The van der Waals surface area contributed by atoms with Gasteiger partial charge in [0.1, 0.15) is 12.1 Å². The highest BCUT2D eigenvalue weighted by Crippen LogP contribution is 2.18. The molecule has 3 heterocycles. The third kappa shape index (κ3) is 2.71. The van der Waals surface area contributed by atoms with Crippen LogP contribution in [0.1, 0.15) is 19.3 Å². The lowest BCUT2D eigenvalue weighted by Gasteiger charge is -2.20. The molecule has 1 N–H and O–H groups in total. The summed E-state index contributed by atoms with van der Waals surface area (Å²) in [5, 5.41) is 2.70. The van der Waals surface area contributed by atoms with Crippen LogP contribution in [-0.4, -0.2) is 51.9 Å². The second-order valence-corrected chi connectivity index (χ2v) is 5.02. The van der Waals surface area contributed by atoms with Gasteiger partial charge in [-0.05, 0) is 6.42 Å². The van der Waals surface area contributed by atoms with Crippen molar-refractivity contribution in [2.24, 2.45) is 0 Å². The molecule has 20 heavy (non-hydrogen) atoms. The average molecular weight is 276 g/mol. The van der Waals surface area contributed by atoms with Crippen molar-refractivity contribution in [2.45, 2.75) is 31.4 Å². The van der Waals surface area contributed by atoms with Gasteiger partial charge >= 0.3 is 0 Å². The Morgan fingerprint density at radius 3 is 3.00 bits per heavy atom. The van der Waals surface area contributed by atoms with Gasteiger partial charge in [-0.1, -0.05) is 0 Å². The largest absolute Gasteiger partial charge is 0.471 e. The third-order valence-electron chi connectivity index (χ3n) is 3.58. The quantitative estimate of drug-likeness (QED) is 0.822.